The van der Waals surface area contributed by atoms with Crippen molar-refractivity contribution in [2.45, 2.75) is 30.4 Å². The van der Waals surface area contributed by atoms with E-state index in [1.165, 1.54) is 6.07 Å². The molecule has 0 saturated heterocycles. The second-order valence-electron chi connectivity index (χ2n) is 3.89. The molecule has 0 amide bonds. The van der Waals surface area contributed by atoms with Crippen molar-refractivity contribution in [3.63, 3.8) is 0 Å². The van der Waals surface area contributed by atoms with Crippen LogP contribution >= 0.6 is 27.7 Å². The Labute approximate surface area is 102 Å². The molecule has 82 valence electrons. The number of rotatable bonds is 0. The topological polar surface area (TPSA) is 26.0 Å². The lowest BCUT2D eigenvalue weighted by Gasteiger charge is -2.15. The first-order valence-electron chi connectivity index (χ1n) is 4.93. The van der Waals surface area contributed by atoms with Crippen LogP contribution < -0.4 is 5.73 Å². The fourth-order valence-corrected chi connectivity index (χ4v) is 3.68. The highest BCUT2D eigenvalue weighted by Gasteiger charge is 2.24. The standard InChI is InChI=1S/C11H13BrFNS/c1-6-4-10(14)11-7(5-15-6)9(13)3-2-8(11)12/h2-3,6,10H,4-5,14H2,1H3/t6?,10-/m0/s1. The smallest absolute Gasteiger partial charge is 0.127 e. The number of fused-ring (bicyclic) bond motifs is 1. The van der Waals surface area contributed by atoms with Gasteiger partial charge in [-0.05, 0) is 24.1 Å². The first kappa shape index (κ1) is 11.4. The molecule has 15 heavy (non-hydrogen) atoms. The third-order valence-electron chi connectivity index (χ3n) is 2.72. The highest BCUT2D eigenvalue weighted by atomic mass is 79.9. The predicted octanol–water partition coefficient (Wildman–Crippen LogP) is 3.61. The van der Waals surface area contributed by atoms with E-state index in [9.17, 15) is 4.39 Å². The molecular weight excluding hydrogens is 277 g/mol. The lowest BCUT2D eigenvalue weighted by atomic mass is 9.98. The molecule has 4 heteroatoms. The predicted molar refractivity (Wildman–Crippen MR) is 66.4 cm³/mol. The van der Waals surface area contributed by atoms with Crippen LogP contribution in [0.2, 0.25) is 0 Å². The molecule has 0 aliphatic carbocycles. The Hall–Kier alpha value is -0.0600. The van der Waals surface area contributed by atoms with Gasteiger partial charge in [0.25, 0.3) is 0 Å². The van der Waals surface area contributed by atoms with Crippen LogP contribution in [-0.2, 0) is 5.75 Å². The van der Waals surface area contributed by atoms with E-state index in [1.807, 2.05) is 0 Å². The van der Waals surface area contributed by atoms with E-state index in [2.05, 4.69) is 22.9 Å². The molecule has 0 spiro atoms. The molecule has 1 nitrogen and oxygen atoms in total. The molecule has 2 rings (SSSR count). The Kier molecular flexibility index (Phi) is 3.38. The average molecular weight is 290 g/mol. The third kappa shape index (κ3) is 2.22. The van der Waals surface area contributed by atoms with Gasteiger partial charge in [0.05, 0.1) is 0 Å². The first-order valence-corrected chi connectivity index (χ1v) is 6.77. The largest absolute Gasteiger partial charge is 0.324 e. The van der Waals surface area contributed by atoms with E-state index >= 15 is 0 Å². The van der Waals surface area contributed by atoms with Crippen molar-refractivity contribution >= 4 is 27.7 Å². The number of benzene rings is 1. The Morgan fingerprint density at radius 3 is 3.00 bits per heavy atom. The van der Waals surface area contributed by atoms with Crippen LogP contribution in [0.15, 0.2) is 16.6 Å². The van der Waals surface area contributed by atoms with Crippen molar-refractivity contribution in [1.82, 2.24) is 0 Å². The maximum Gasteiger partial charge on any atom is 0.127 e. The molecule has 1 aromatic rings. The lowest BCUT2D eigenvalue weighted by Crippen LogP contribution is -2.15. The maximum absolute atomic E-state index is 13.6. The summed E-state index contributed by atoms with van der Waals surface area (Å²) < 4.78 is 14.6. The summed E-state index contributed by atoms with van der Waals surface area (Å²) in [6.07, 6.45) is 0.903. The number of hydrogen-bond acceptors (Lipinski definition) is 2. The van der Waals surface area contributed by atoms with Crippen molar-refractivity contribution < 1.29 is 4.39 Å². The SMILES string of the molecule is CC1C[C@H](N)c2c(Br)ccc(F)c2CS1. The summed E-state index contributed by atoms with van der Waals surface area (Å²) in [5.74, 6) is 0.584. The van der Waals surface area contributed by atoms with Gasteiger partial charge in [-0.15, -0.1) is 0 Å². The Morgan fingerprint density at radius 2 is 2.27 bits per heavy atom. The molecule has 2 atom stereocenters. The summed E-state index contributed by atoms with van der Waals surface area (Å²) in [7, 11) is 0. The minimum atomic E-state index is -0.134. The number of hydrogen-bond donors (Lipinski definition) is 1. The Balaban J connectivity index is 2.52. The van der Waals surface area contributed by atoms with Crippen molar-refractivity contribution in [2.24, 2.45) is 5.73 Å². The summed E-state index contributed by atoms with van der Waals surface area (Å²) in [5, 5.41) is 0.485. The summed E-state index contributed by atoms with van der Waals surface area (Å²) in [4.78, 5) is 0. The molecule has 0 aromatic heterocycles. The van der Waals surface area contributed by atoms with Crippen LogP contribution in [0.25, 0.3) is 0 Å². The zero-order valence-electron chi connectivity index (χ0n) is 8.47. The molecule has 0 saturated carbocycles. The van der Waals surface area contributed by atoms with Crippen molar-refractivity contribution in [3.8, 4) is 0 Å². The maximum atomic E-state index is 13.6. The Bertz CT molecular complexity index is 383. The Morgan fingerprint density at radius 1 is 1.53 bits per heavy atom. The molecule has 1 unspecified atom stereocenters. The van der Waals surface area contributed by atoms with E-state index in [0.29, 0.717) is 5.25 Å². The van der Waals surface area contributed by atoms with Gasteiger partial charge in [0.1, 0.15) is 5.82 Å². The van der Waals surface area contributed by atoms with Crippen LogP contribution in [0.4, 0.5) is 4.39 Å². The molecule has 0 radical (unpaired) electrons. The minimum absolute atomic E-state index is 0.0601. The number of nitrogens with two attached hydrogens (primary N) is 1. The van der Waals surface area contributed by atoms with Gasteiger partial charge in [0.15, 0.2) is 0 Å². The van der Waals surface area contributed by atoms with E-state index < -0.39 is 0 Å². The van der Waals surface area contributed by atoms with Crippen molar-refractivity contribution in [1.29, 1.82) is 0 Å². The zero-order valence-corrected chi connectivity index (χ0v) is 10.9. The van der Waals surface area contributed by atoms with Gasteiger partial charge < -0.3 is 5.73 Å². The van der Waals surface area contributed by atoms with Crippen LogP contribution in [0.5, 0.6) is 0 Å². The molecule has 1 aromatic carbocycles. The highest BCUT2D eigenvalue weighted by molar-refractivity contribution is 9.10. The van der Waals surface area contributed by atoms with Gasteiger partial charge in [-0.3, -0.25) is 0 Å². The number of halogens is 2. The fourth-order valence-electron chi connectivity index (χ4n) is 1.93. The van der Waals surface area contributed by atoms with Crippen LogP contribution in [0.3, 0.4) is 0 Å². The second kappa shape index (κ2) is 4.44. The summed E-state index contributed by atoms with van der Waals surface area (Å²) in [5.41, 5.74) is 7.82. The van der Waals surface area contributed by atoms with Crippen molar-refractivity contribution in [2.75, 3.05) is 0 Å². The van der Waals surface area contributed by atoms with Crippen molar-refractivity contribution in [3.05, 3.63) is 33.5 Å². The van der Waals surface area contributed by atoms with Crippen LogP contribution in [0, 0.1) is 5.82 Å². The van der Waals surface area contributed by atoms with E-state index in [4.69, 9.17) is 5.73 Å². The highest BCUT2D eigenvalue weighted by Crippen LogP contribution is 2.38. The van der Waals surface area contributed by atoms with Gasteiger partial charge in [0, 0.05) is 27.1 Å². The quantitative estimate of drug-likeness (QED) is 0.790. The summed E-state index contributed by atoms with van der Waals surface area (Å²) >= 11 is 5.22. The number of thioether (sulfide) groups is 1. The molecule has 1 heterocycles. The lowest BCUT2D eigenvalue weighted by molar-refractivity contribution is 0.599. The summed E-state index contributed by atoms with van der Waals surface area (Å²) in [6.45, 7) is 2.14. The molecule has 0 bridgehead atoms. The van der Waals surface area contributed by atoms with Crippen LogP contribution in [-0.4, -0.2) is 5.25 Å². The summed E-state index contributed by atoms with van der Waals surface area (Å²) in [6, 6.07) is 3.19. The normalized spacial score (nSPS) is 25.9. The fraction of sp³-hybridized carbons (Fsp3) is 0.455. The molecule has 1 aliphatic heterocycles. The first-order chi connectivity index (χ1) is 7.09. The molecule has 0 fully saturated rings. The monoisotopic (exact) mass is 289 g/mol. The van der Waals surface area contributed by atoms with Crippen LogP contribution in [0.1, 0.15) is 30.5 Å². The van der Waals surface area contributed by atoms with E-state index in [-0.39, 0.29) is 11.9 Å². The third-order valence-corrected chi connectivity index (χ3v) is 4.62. The molecule has 1 aliphatic rings. The minimum Gasteiger partial charge on any atom is -0.324 e. The van der Waals surface area contributed by atoms with Gasteiger partial charge in [-0.2, -0.15) is 11.8 Å². The average Bonchev–Trinajstić information content (AvgIpc) is 2.32. The van der Waals surface area contributed by atoms with E-state index in [0.717, 1.165) is 27.8 Å². The second-order valence-corrected chi connectivity index (χ2v) is 6.17. The van der Waals surface area contributed by atoms with Gasteiger partial charge in [0.2, 0.25) is 0 Å². The molecule has 2 N–H and O–H groups in total. The van der Waals surface area contributed by atoms with Gasteiger partial charge in [-0.1, -0.05) is 22.9 Å². The zero-order chi connectivity index (χ0) is 11.0. The van der Waals surface area contributed by atoms with E-state index in [1.54, 1.807) is 17.8 Å². The van der Waals surface area contributed by atoms with Gasteiger partial charge in [-0.25, -0.2) is 4.39 Å². The van der Waals surface area contributed by atoms with Gasteiger partial charge >= 0.3 is 0 Å². The molecular formula is C11H13BrFNS.